The zero-order valence-electron chi connectivity index (χ0n) is 11.4. The number of aryl methyl sites for hydroxylation is 1. The quantitative estimate of drug-likeness (QED) is 0.898. The smallest absolute Gasteiger partial charge is 0.123 e. The molecule has 1 aromatic carbocycles. The van der Waals surface area contributed by atoms with Crippen molar-refractivity contribution in [1.82, 2.24) is 0 Å². The third-order valence-electron chi connectivity index (χ3n) is 3.83. The summed E-state index contributed by atoms with van der Waals surface area (Å²) in [5.41, 5.74) is 2.85. The molecule has 0 aliphatic carbocycles. The van der Waals surface area contributed by atoms with Crippen molar-refractivity contribution in [3.63, 3.8) is 0 Å². The number of ether oxygens (including phenoxy) is 1. The van der Waals surface area contributed by atoms with Gasteiger partial charge in [0.1, 0.15) is 17.6 Å². The molecular formula is C16H18O3. The molecule has 0 fully saturated rings. The first kappa shape index (κ1) is 12.3. The first-order chi connectivity index (χ1) is 8.99. The molecule has 1 aromatic heterocycles. The Morgan fingerprint density at radius 2 is 2.05 bits per heavy atom. The maximum atomic E-state index is 10.5. The molecule has 1 N–H and O–H groups in total. The van der Waals surface area contributed by atoms with Crippen molar-refractivity contribution in [2.45, 2.75) is 32.3 Å². The molecule has 3 rings (SSSR count). The van der Waals surface area contributed by atoms with Gasteiger partial charge in [0.05, 0.1) is 12.9 Å². The maximum absolute atomic E-state index is 10.5. The Bertz CT molecular complexity index is 610. The van der Waals surface area contributed by atoms with Crippen LogP contribution >= 0.6 is 0 Å². The molecule has 1 aliphatic heterocycles. The van der Waals surface area contributed by atoms with Crippen LogP contribution in [-0.2, 0) is 5.41 Å². The minimum Gasteiger partial charge on any atom is -0.492 e. The van der Waals surface area contributed by atoms with E-state index in [1.807, 2.05) is 31.2 Å². The highest BCUT2D eigenvalue weighted by atomic mass is 16.5. The summed E-state index contributed by atoms with van der Waals surface area (Å²) in [4.78, 5) is 0. The molecular weight excluding hydrogens is 240 g/mol. The Morgan fingerprint density at radius 1 is 1.26 bits per heavy atom. The summed E-state index contributed by atoms with van der Waals surface area (Å²) in [5, 5.41) is 10.5. The van der Waals surface area contributed by atoms with E-state index < -0.39 is 6.10 Å². The van der Waals surface area contributed by atoms with Gasteiger partial charge in [-0.3, -0.25) is 0 Å². The van der Waals surface area contributed by atoms with E-state index >= 15 is 0 Å². The highest BCUT2D eigenvalue weighted by Gasteiger charge is 2.32. The number of rotatable bonds is 2. The molecule has 100 valence electrons. The van der Waals surface area contributed by atoms with Gasteiger partial charge in [-0.2, -0.15) is 0 Å². The molecule has 0 radical (unpaired) electrons. The number of fused-ring (bicyclic) bond motifs is 1. The van der Waals surface area contributed by atoms with E-state index in [1.54, 1.807) is 6.26 Å². The summed E-state index contributed by atoms with van der Waals surface area (Å²) in [5.74, 6) is 1.67. The lowest BCUT2D eigenvalue weighted by molar-refractivity contribution is 0.218. The molecule has 0 amide bonds. The lowest BCUT2D eigenvalue weighted by Crippen LogP contribution is -2.18. The van der Waals surface area contributed by atoms with Crippen molar-refractivity contribution in [2.75, 3.05) is 6.61 Å². The first-order valence-corrected chi connectivity index (χ1v) is 6.48. The molecule has 3 heteroatoms. The van der Waals surface area contributed by atoms with E-state index in [9.17, 15) is 5.11 Å². The molecule has 1 aliphatic rings. The van der Waals surface area contributed by atoms with Crippen LogP contribution in [0.5, 0.6) is 5.75 Å². The highest BCUT2D eigenvalue weighted by Crippen LogP contribution is 2.40. The second kappa shape index (κ2) is 4.14. The fraction of sp³-hybridized carbons (Fsp3) is 0.375. The van der Waals surface area contributed by atoms with Gasteiger partial charge in [0.2, 0.25) is 0 Å². The minimum atomic E-state index is -0.652. The lowest BCUT2D eigenvalue weighted by atomic mass is 9.85. The number of furan rings is 1. The van der Waals surface area contributed by atoms with Crippen molar-refractivity contribution >= 4 is 0 Å². The second-order valence-electron chi connectivity index (χ2n) is 5.76. The van der Waals surface area contributed by atoms with Crippen LogP contribution in [0.3, 0.4) is 0 Å². The highest BCUT2D eigenvalue weighted by molar-refractivity contribution is 5.47. The molecule has 2 heterocycles. The van der Waals surface area contributed by atoms with E-state index in [4.69, 9.17) is 9.15 Å². The summed E-state index contributed by atoms with van der Waals surface area (Å²) in [6, 6.07) is 7.71. The van der Waals surface area contributed by atoms with Crippen LogP contribution in [0.25, 0.3) is 0 Å². The molecule has 0 spiro atoms. The van der Waals surface area contributed by atoms with Gasteiger partial charge in [0, 0.05) is 16.5 Å². The standard InChI is InChI=1S/C16H18O3/c1-10-12(6-7-18-10)15(17)11-4-5-14-13(8-11)16(2,3)9-19-14/h4-8,15,17H,9H2,1-3H3. The van der Waals surface area contributed by atoms with Crippen molar-refractivity contribution in [3.05, 3.63) is 53.0 Å². The Hall–Kier alpha value is -1.74. The van der Waals surface area contributed by atoms with E-state index in [1.165, 1.54) is 0 Å². The molecule has 0 saturated heterocycles. The molecule has 3 nitrogen and oxygen atoms in total. The van der Waals surface area contributed by atoms with Crippen molar-refractivity contribution in [2.24, 2.45) is 0 Å². The zero-order chi connectivity index (χ0) is 13.6. The third-order valence-corrected chi connectivity index (χ3v) is 3.83. The summed E-state index contributed by atoms with van der Waals surface area (Å²) in [6.07, 6.45) is 0.953. The van der Waals surface area contributed by atoms with Gasteiger partial charge in [0.25, 0.3) is 0 Å². The average Bonchev–Trinajstić information content (AvgIpc) is 2.93. The fourth-order valence-corrected chi connectivity index (χ4v) is 2.57. The summed E-state index contributed by atoms with van der Waals surface area (Å²) < 4.78 is 10.9. The van der Waals surface area contributed by atoms with E-state index in [2.05, 4.69) is 13.8 Å². The van der Waals surface area contributed by atoms with Crippen LogP contribution in [0, 0.1) is 6.92 Å². The Labute approximate surface area is 112 Å². The van der Waals surface area contributed by atoms with Gasteiger partial charge in [-0.25, -0.2) is 0 Å². The van der Waals surface area contributed by atoms with Gasteiger partial charge < -0.3 is 14.3 Å². The molecule has 0 bridgehead atoms. The van der Waals surface area contributed by atoms with Crippen molar-refractivity contribution < 1.29 is 14.3 Å². The summed E-state index contributed by atoms with van der Waals surface area (Å²) >= 11 is 0. The van der Waals surface area contributed by atoms with Crippen molar-refractivity contribution in [1.29, 1.82) is 0 Å². The van der Waals surface area contributed by atoms with Gasteiger partial charge >= 0.3 is 0 Å². The van der Waals surface area contributed by atoms with Gasteiger partial charge in [-0.1, -0.05) is 19.9 Å². The maximum Gasteiger partial charge on any atom is 0.123 e. The van der Waals surface area contributed by atoms with Gasteiger partial charge in [0.15, 0.2) is 0 Å². The molecule has 19 heavy (non-hydrogen) atoms. The third kappa shape index (κ3) is 1.94. The second-order valence-corrected chi connectivity index (χ2v) is 5.76. The minimum absolute atomic E-state index is 0.00347. The van der Waals surface area contributed by atoms with Crippen LogP contribution < -0.4 is 4.74 Å². The number of hydrogen-bond donors (Lipinski definition) is 1. The zero-order valence-corrected chi connectivity index (χ0v) is 11.4. The first-order valence-electron chi connectivity index (χ1n) is 6.48. The number of aliphatic hydroxyl groups is 1. The molecule has 1 unspecified atom stereocenters. The van der Waals surface area contributed by atoms with Crippen LogP contribution in [0.1, 0.15) is 42.4 Å². The predicted molar refractivity (Wildman–Crippen MR) is 72.5 cm³/mol. The normalized spacial score (nSPS) is 17.9. The topological polar surface area (TPSA) is 42.6 Å². The number of aliphatic hydroxyl groups excluding tert-OH is 1. The lowest BCUT2D eigenvalue weighted by Gasteiger charge is -2.17. The average molecular weight is 258 g/mol. The summed E-state index contributed by atoms with van der Waals surface area (Å²) in [7, 11) is 0. The number of benzene rings is 1. The molecule has 2 aromatic rings. The predicted octanol–water partition coefficient (Wildman–Crippen LogP) is 3.34. The van der Waals surface area contributed by atoms with Gasteiger partial charge in [-0.05, 0) is 30.7 Å². The Kier molecular flexibility index (Phi) is 2.68. The van der Waals surface area contributed by atoms with E-state index in [0.29, 0.717) is 6.61 Å². The summed E-state index contributed by atoms with van der Waals surface area (Å²) in [6.45, 7) is 6.85. The van der Waals surface area contributed by atoms with Crippen LogP contribution in [0.2, 0.25) is 0 Å². The Balaban J connectivity index is 2.02. The monoisotopic (exact) mass is 258 g/mol. The molecule has 0 saturated carbocycles. The van der Waals surface area contributed by atoms with Crippen LogP contribution in [0.15, 0.2) is 34.9 Å². The number of hydrogen-bond acceptors (Lipinski definition) is 3. The van der Waals surface area contributed by atoms with E-state index in [-0.39, 0.29) is 5.41 Å². The van der Waals surface area contributed by atoms with Crippen LogP contribution in [-0.4, -0.2) is 11.7 Å². The van der Waals surface area contributed by atoms with Crippen molar-refractivity contribution in [3.8, 4) is 5.75 Å². The van der Waals surface area contributed by atoms with E-state index in [0.717, 1.165) is 28.2 Å². The molecule has 1 atom stereocenters. The largest absolute Gasteiger partial charge is 0.492 e. The Morgan fingerprint density at radius 3 is 2.74 bits per heavy atom. The SMILES string of the molecule is Cc1occc1C(O)c1ccc2c(c1)C(C)(C)CO2. The fourth-order valence-electron chi connectivity index (χ4n) is 2.57. The van der Waals surface area contributed by atoms with Gasteiger partial charge in [-0.15, -0.1) is 0 Å². The van der Waals surface area contributed by atoms with Crippen LogP contribution in [0.4, 0.5) is 0 Å².